The van der Waals surface area contributed by atoms with Gasteiger partial charge in [0.25, 0.3) is 5.69 Å². The molecule has 0 fully saturated rings. The molecule has 1 atom stereocenters. The average molecular weight is 448 g/mol. The molecule has 0 aliphatic carbocycles. The summed E-state index contributed by atoms with van der Waals surface area (Å²) in [6, 6.07) is 2.19. The van der Waals surface area contributed by atoms with Crippen molar-refractivity contribution in [3.8, 4) is 11.5 Å². The molecule has 1 heterocycles. The predicted octanol–water partition coefficient (Wildman–Crippen LogP) is 3.16. The van der Waals surface area contributed by atoms with Crippen LogP contribution in [-0.2, 0) is 9.47 Å². The molecule has 1 aromatic carbocycles. The highest BCUT2D eigenvalue weighted by Crippen LogP contribution is 2.35. The highest BCUT2D eigenvalue weighted by Gasteiger charge is 2.31. The van der Waals surface area contributed by atoms with Gasteiger partial charge in [0, 0.05) is 11.8 Å². The number of ketones is 1. The van der Waals surface area contributed by atoms with Crippen LogP contribution in [0.1, 0.15) is 56.3 Å². The van der Waals surface area contributed by atoms with Crippen LogP contribution in [0.25, 0.3) is 0 Å². The number of aromatic nitrogens is 1. The van der Waals surface area contributed by atoms with Crippen LogP contribution < -0.4 is 9.47 Å². The van der Waals surface area contributed by atoms with Gasteiger partial charge in [-0.3, -0.25) is 14.9 Å². The third kappa shape index (κ3) is 4.71. The van der Waals surface area contributed by atoms with Crippen LogP contribution in [-0.4, -0.2) is 54.6 Å². The van der Waals surface area contributed by atoms with Crippen molar-refractivity contribution in [1.29, 1.82) is 0 Å². The van der Waals surface area contributed by atoms with Crippen LogP contribution in [0.4, 0.5) is 5.69 Å². The first-order valence-electron chi connectivity index (χ1n) is 9.59. The maximum atomic E-state index is 12.9. The summed E-state index contributed by atoms with van der Waals surface area (Å²) < 4.78 is 20.4. The topological polar surface area (TPSA) is 147 Å². The molecule has 172 valence electrons. The third-order valence-corrected chi connectivity index (χ3v) is 4.72. The predicted molar refractivity (Wildman–Crippen MR) is 112 cm³/mol. The molecule has 0 amide bonds. The second-order valence-electron chi connectivity index (χ2n) is 6.74. The first-order valence-corrected chi connectivity index (χ1v) is 9.59. The zero-order chi connectivity index (χ0) is 24.2. The SMILES string of the molecule is CCOc1cc([N+](=O)[O-])c(C(=O)OC(C)C(=O)c2[nH]c(C)c(C(=O)OC)c2C)cc1OC. The Morgan fingerprint density at radius 3 is 2.31 bits per heavy atom. The van der Waals surface area contributed by atoms with Crippen molar-refractivity contribution >= 4 is 23.4 Å². The van der Waals surface area contributed by atoms with Gasteiger partial charge in [0.05, 0.1) is 43.1 Å². The number of esters is 2. The number of Topliss-reactive ketones (excluding diaryl/α,β-unsaturated/α-hetero) is 1. The molecule has 0 saturated carbocycles. The van der Waals surface area contributed by atoms with Gasteiger partial charge in [0.2, 0.25) is 5.78 Å². The molecule has 11 nitrogen and oxygen atoms in total. The number of H-pyrrole nitrogens is 1. The van der Waals surface area contributed by atoms with Gasteiger partial charge in [0.1, 0.15) is 5.56 Å². The van der Waals surface area contributed by atoms with E-state index in [4.69, 9.17) is 18.9 Å². The highest BCUT2D eigenvalue weighted by molar-refractivity contribution is 6.05. The van der Waals surface area contributed by atoms with E-state index in [-0.39, 0.29) is 29.4 Å². The Morgan fingerprint density at radius 2 is 1.78 bits per heavy atom. The Balaban J connectivity index is 2.36. The van der Waals surface area contributed by atoms with Crippen LogP contribution >= 0.6 is 0 Å². The lowest BCUT2D eigenvalue weighted by atomic mass is 10.1. The Kier molecular flexibility index (Phi) is 7.58. The molecular formula is C21H24N2O9. The summed E-state index contributed by atoms with van der Waals surface area (Å²) in [5.74, 6) is -2.13. The molecule has 11 heteroatoms. The van der Waals surface area contributed by atoms with E-state index in [9.17, 15) is 24.5 Å². The van der Waals surface area contributed by atoms with Gasteiger partial charge in [0.15, 0.2) is 17.6 Å². The van der Waals surface area contributed by atoms with Crippen LogP contribution in [0.5, 0.6) is 11.5 Å². The number of ether oxygens (including phenoxy) is 4. The number of rotatable bonds is 9. The molecule has 0 aliphatic rings. The van der Waals surface area contributed by atoms with E-state index < -0.39 is 40.0 Å². The van der Waals surface area contributed by atoms with E-state index >= 15 is 0 Å². The summed E-state index contributed by atoms with van der Waals surface area (Å²) in [6.45, 7) is 6.40. The minimum absolute atomic E-state index is 0.0713. The Morgan fingerprint density at radius 1 is 1.12 bits per heavy atom. The summed E-state index contributed by atoms with van der Waals surface area (Å²) in [5.41, 5.74) is 0.0886. The summed E-state index contributed by atoms with van der Waals surface area (Å²) >= 11 is 0. The number of aryl methyl sites for hydroxylation is 1. The Labute approximate surface area is 183 Å². The number of hydrogen-bond acceptors (Lipinski definition) is 9. The molecule has 1 aromatic heterocycles. The van der Waals surface area contributed by atoms with E-state index in [0.29, 0.717) is 11.3 Å². The van der Waals surface area contributed by atoms with E-state index in [1.165, 1.54) is 21.1 Å². The minimum Gasteiger partial charge on any atom is -0.493 e. The van der Waals surface area contributed by atoms with Crippen molar-refractivity contribution < 1.29 is 38.3 Å². The van der Waals surface area contributed by atoms with Crippen molar-refractivity contribution in [3.05, 3.63) is 50.3 Å². The van der Waals surface area contributed by atoms with Gasteiger partial charge in [-0.1, -0.05) is 0 Å². The number of nitrogens with zero attached hydrogens (tertiary/aromatic N) is 1. The van der Waals surface area contributed by atoms with Gasteiger partial charge < -0.3 is 23.9 Å². The van der Waals surface area contributed by atoms with Crippen LogP contribution in [0, 0.1) is 24.0 Å². The molecule has 1 N–H and O–H groups in total. The molecule has 32 heavy (non-hydrogen) atoms. The monoisotopic (exact) mass is 448 g/mol. The highest BCUT2D eigenvalue weighted by atomic mass is 16.6. The molecule has 1 unspecified atom stereocenters. The molecule has 0 spiro atoms. The second kappa shape index (κ2) is 9.94. The first-order chi connectivity index (χ1) is 15.1. The number of hydrogen-bond donors (Lipinski definition) is 1. The minimum atomic E-state index is -1.30. The molecule has 2 aromatic rings. The lowest BCUT2D eigenvalue weighted by molar-refractivity contribution is -0.385. The number of carbonyl (C=O) groups excluding carboxylic acids is 3. The van der Waals surface area contributed by atoms with Gasteiger partial charge >= 0.3 is 11.9 Å². The largest absolute Gasteiger partial charge is 0.493 e. The Bertz CT molecular complexity index is 1070. The van der Waals surface area contributed by atoms with Crippen molar-refractivity contribution in [2.75, 3.05) is 20.8 Å². The van der Waals surface area contributed by atoms with Gasteiger partial charge in [-0.05, 0) is 33.3 Å². The molecule has 0 bridgehead atoms. The van der Waals surface area contributed by atoms with E-state index in [2.05, 4.69) is 4.98 Å². The molecular weight excluding hydrogens is 424 g/mol. The van der Waals surface area contributed by atoms with E-state index in [1.54, 1.807) is 20.8 Å². The fraction of sp³-hybridized carbons (Fsp3) is 0.381. The first kappa shape index (κ1) is 24.4. The number of methoxy groups -OCH3 is 2. The average Bonchev–Trinajstić information content (AvgIpc) is 3.06. The second-order valence-corrected chi connectivity index (χ2v) is 6.74. The number of aromatic amines is 1. The zero-order valence-corrected chi connectivity index (χ0v) is 18.6. The Hall–Kier alpha value is -3.89. The van der Waals surface area contributed by atoms with Crippen molar-refractivity contribution in [2.24, 2.45) is 0 Å². The number of nitrogens with one attached hydrogen (secondary N) is 1. The fourth-order valence-electron chi connectivity index (χ4n) is 3.18. The number of nitro groups is 1. The zero-order valence-electron chi connectivity index (χ0n) is 18.6. The summed E-state index contributed by atoms with van der Waals surface area (Å²) in [4.78, 5) is 51.0. The summed E-state index contributed by atoms with van der Waals surface area (Å²) in [6.07, 6.45) is -1.30. The summed E-state index contributed by atoms with van der Waals surface area (Å²) in [5, 5.41) is 11.5. The molecule has 2 rings (SSSR count). The molecule has 0 saturated heterocycles. The normalized spacial score (nSPS) is 11.4. The molecule has 0 aliphatic heterocycles. The standard InChI is InChI=1S/C21H24N2O9/c1-7-31-16-9-14(23(27)28)13(8-15(16)29-5)20(25)32-12(4)19(24)18-10(2)17(11(3)22-18)21(26)30-6/h8-9,12,22H,7H2,1-6H3. The van der Waals surface area contributed by atoms with E-state index in [1.807, 2.05) is 0 Å². The third-order valence-electron chi connectivity index (χ3n) is 4.72. The van der Waals surface area contributed by atoms with Gasteiger partial charge in [-0.25, -0.2) is 9.59 Å². The number of carbonyl (C=O) groups is 3. The maximum Gasteiger partial charge on any atom is 0.346 e. The quantitative estimate of drug-likeness (QED) is 0.264. The van der Waals surface area contributed by atoms with Crippen LogP contribution in [0.2, 0.25) is 0 Å². The van der Waals surface area contributed by atoms with Crippen LogP contribution in [0.15, 0.2) is 12.1 Å². The van der Waals surface area contributed by atoms with Crippen molar-refractivity contribution in [3.63, 3.8) is 0 Å². The number of nitro benzene ring substituents is 1. The molecule has 0 radical (unpaired) electrons. The van der Waals surface area contributed by atoms with Gasteiger partial charge in [-0.2, -0.15) is 0 Å². The summed E-state index contributed by atoms with van der Waals surface area (Å²) in [7, 11) is 2.54. The maximum absolute atomic E-state index is 12.9. The lowest BCUT2D eigenvalue weighted by Crippen LogP contribution is -2.26. The van der Waals surface area contributed by atoms with Gasteiger partial charge in [-0.15, -0.1) is 0 Å². The fourth-order valence-corrected chi connectivity index (χ4v) is 3.18. The number of benzene rings is 1. The van der Waals surface area contributed by atoms with Crippen molar-refractivity contribution in [1.82, 2.24) is 4.98 Å². The van der Waals surface area contributed by atoms with E-state index in [0.717, 1.165) is 12.1 Å². The van der Waals surface area contributed by atoms with Crippen molar-refractivity contribution in [2.45, 2.75) is 33.8 Å². The van der Waals surface area contributed by atoms with Crippen LogP contribution in [0.3, 0.4) is 0 Å². The smallest absolute Gasteiger partial charge is 0.346 e. The lowest BCUT2D eigenvalue weighted by Gasteiger charge is -2.14.